The number of hydrogen-bond acceptors (Lipinski definition) is 2. The number of amides is 1. The fourth-order valence-corrected chi connectivity index (χ4v) is 2.10. The average molecular weight is 213 g/mol. The lowest BCUT2D eigenvalue weighted by Crippen LogP contribution is -2.59. The molecule has 0 aromatic heterocycles. The molecule has 4 heteroatoms. The van der Waals surface area contributed by atoms with Crippen LogP contribution in [0.15, 0.2) is 0 Å². The number of aliphatic carboxylic acids is 1. The van der Waals surface area contributed by atoms with Gasteiger partial charge in [-0.25, -0.2) is 4.79 Å². The van der Waals surface area contributed by atoms with Crippen LogP contribution >= 0.6 is 0 Å². The summed E-state index contributed by atoms with van der Waals surface area (Å²) in [6.45, 7) is 7.25. The summed E-state index contributed by atoms with van der Waals surface area (Å²) in [5.41, 5.74) is -1.35. The summed E-state index contributed by atoms with van der Waals surface area (Å²) in [4.78, 5) is 23.9. The second-order valence-electron chi connectivity index (χ2n) is 5.04. The van der Waals surface area contributed by atoms with Crippen molar-refractivity contribution in [2.75, 3.05) is 0 Å². The van der Waals surface area contributed by atoms with Gasteiger partial charge in [0.1, 0.15) is 5.54 Å². The molecule has 15 heavy (non-hydrogen) atoms. The van der Waals surface area contributed by atoms with Crippen LogP contribution in [0.5, 0.6) is 0 Å². The minimum Gasteiger partial charge on any atom is -0.479 e. The van der Waals surface area contributed by atoms with Gasteiger partial charge in [0.15, 0.2) is 0 Å². The molecule has 86 valence electrons. The molecule has 0 aromatic rings. The number of nitrogens with zero attached hydrogens (tertiary/aromatic N) is 1. The molecule has 1 amide bonds. The van der Waals surface area contributed by atoms with Gasteiger partial charge >= 0.3 is 5.97 Å². The number of hydrogen-bond donors (Lipinski definition) is 1. The highest BCUT2D eigenvalue weighted by Crippen LogP contribution is 2.56. The first-order chi connectivity index (χ1) is 6.79. The lowest BCUT2D eigenvalue weighted by Gasteiger charge is -2.42. The van der Waals surface area contributed by atoms with Crippen molar-refractivity contribution in [1.29, 1.82) is 0 Å². The average Bonchev–Trinajstić information content (AvgIpc) is 2.84. The minimum atomic E-state index is -1.08. The van der Waals surface area contributed by atoms with Gasteiger partial charge in [-0.05, 0) is 33.6 Å². The zero-order chi connectivity index (χ0) is 11.9. The molecule has 0 saturated heterocycles. The summed E-state index contributed by atoms with van der Waals surface area (Å²) in [5.74, 6) is -0.914. The summed E-state index contributed by atoms with van der Waals surface area (Å²) >= 11 is 0. The van der Waals surface area contributed by atoms with E-state index in [-0.39, 0.29) is 11.5 Å². The molecule has 0 spiro atoms. The Hall–Kier alpha value is -1.06. The molecule has 1 saturated carbocycles. The Morgan fingerprint density at radius 1 is 1.53 bits per heavy atom. The number of carboxylic acid groups (broad SMARTS) is 1. The van der Waals surface area contributed by atoms with Crippen LogP contribution in [0.3, 0.4) is 0 Å². The van der Waals surface area contributed by atoms with Gasteiger partial charge in [0.05, 0.1) is 0 Å². The molecule has 0 bridgehead atoms. The Morgan fingerprint density at radius 2 is 2.00 bits per heavy atom. The standard InChI is InChI=1S/C11H19NO3/c1-8(2)12(7-13)11(4,9(14)15)10(3)5-6-10/h7-8H,5-6H2,1-4H3,(H,14,15). The molecular formula is C11H19NO3. The van der Waals surface area contributed by atoms with E-state index in [0.29, 0.717) is 6.41 Å². The van der Waals surface area contributed by atoms with Crippen LogP contribution in [0.25, 0.3) is 0 Å². The Bertz CT molecular complexity index is 284. The van der Waals surface area contributed by atoms with Gasteiger partial charge in [0, 0.05) is 11.5 Å². The third-order valence-electron chi connectivity index (χ3n) is 3.78. The van der Waals surface area contributed by atoms with Crippen LogP contribution in [0.2, 0.25) is 0 Å². The van der Waals surface area contributed by atoms with Gasteiger partial charge in [0.25, 0.3) is 0 Å². The monoisotopic (exact) mass is 213 g/mol. The SMILES string of the molecule is CC(C)N(C=O)C(C)(C(=O)O)C1(C)CC1. The maximum Gasteiger partial charge on any atom is 0.329 e. The van der Waals surface area contributed by atoms with Crippen molar-refractivity contribution < 1.29 is 14.7 Å². The van der Waals surface area contributed by atoms with Gasteiger partial charge in [-0.15, -0.1) is 0 Å². The molecular weight excluding hydrogens is 194 g/mol. The molecule has 1 atom stereocenters. The van der Waals surface area contributed by atoms with E-state index in [1.54, 1.807) is 6.92 Å². The summed E-state index contributed by atoms with van der Waals surface area (Å²) in [7, 11) is 0. The van der Waals surface area contributed by atoms with Crippen molar-refractivity contribution >= 4 is 12.4 Å². The smallest absolute Gasteiger partial charge is 0.329 e. The van der Waals surface area contributed by atoms with E-state index in [1.807, 2.05) is 20.8 Å². The first-order valence-electron chi connectivity index (χ1n) is 5.27. The number of rotatable bonds is 5. The predicted molar refractivity (Wildman–Crippen MR) is 56.4 cm³/mol. The Morgan fingerprint density at radius 3 is 2.20 bits per heavy atom. The number of carbonyl (C=O) groups excluding carboxylic acids is 1. The predicted octanol–water partition coefficient (Wildman–Crippen LogP) is 1.50. The molecule has 0 aliphatic heterocycles. The molecule has 1 unspecified atom stereocenters. The second-order valence-corrected chi connectivity index (χ2v) is 5.04. The Labute approximate surface area is 90.3 Å². The maximum absolute atomic E-state index is 11.4. The third kappa shape index (κ3) is 1.62. The third-order valence-corrected chi connectivity index (χ3v) is 3.78. The summed E-state index contributed by atoms with van der Waals surface area (Å²) in [6, 6.07) is -0.0963. The first kappa shape index (κ1) is 12.0. The largest absolute Gasteiger partial charge is 0.479 e. The highest BCUT2D eigenvalue weighted by molar-refractivity contribution is 5.83. The van der Waals surface area contributed by atoms with Crippen LogP contribution in [-0.2, 0) is 9.59 Å². The first-order valence-corrected chi connectivity index (χ1v) is 5.27. The highest BCUT2D eigenvalue weighted by atomic mass is 16.4. The van der Waals surface area contributed by atoms with Crippen LogP contribution in [0.1, 0.15) is 40.5 Å². The minimum absolute atomic E-state index is 0.0963. The molecule has 1 N–H and O–H groups in total. The van der Waals surface area contributed by atoms with Crippen LogP contribution in [0.4, 0.5) is 0 Å². The van der Waals surface area contributed by atoms with Crippen molar-refractivity contribution in [2.24, 2.45) is 5.41 Å². The molecule has 1 aliphatic carbocycles. The molecule has 1 fully saturated rings. The maximum atomic E-state index is 11.4. The van der Waals surface area contributed by atoms with Crippen molar-refractivity contribution in [3.63, 3.8) is 0 Å². The van der Waals surface area contributed by atoms with Gasteiger partial charge in [0.2, 0.25) is 6.41 Å². The van der Waals surface area contributed by atoms with E-state index in [1.165, 1.54) is 4.90 Å². The van der Waals surface area contributed by atoms with E-state index in [9.17, 15) is 14.7 Å². The quantitative estimate of drug-likeness (QED) is 0.704. The van der Waals surface area contributed by atoms with Crippen molar-refractivity contribution in [3.8, 4) is 0 Å². The van der Waals surface area contributed by atoms with E-state index in [2.05, 4.69) is 0 Å². The number of carboxylic acids is 1. The molecule has 1 rings (SSSR count). The van der Waals surface area contributed by atoms with E-state index in [4.69, 9.17) is 0 Å². The zero-order valence-corrected chi connectivity index (χ0v) is 9.78. The van der Waals surface area contributed by atoms with Gasteiger partial charge in [-0.3, -0.25) is 4.79 Å². The van der Waals surface area contributed by atoms with E-state index < -0.39 is 11.5 Å². The normalized spacial score (nSPS) is 21.9. The fraction of sp³-hybridized carbons (Fsp3) is 0.818. The van der Waals surface area contributed by atoms with Crippen molar-refractivity contribution in [1.82, 2.24) is 4.90 Å². The van der Waals surface area contributed by atoms with Crippen LogP contribution in [0, 0.1) is 5.41 Å². The molecule has 1 aliphatic rings. The van der Waals surface area contributed by atoms with Crippen LogP contribution in [-0.4, -0.2) is 34.0 Å². The second kappa shape index (κ2) is 3.51. The molecule has 0 aromatic carbocycles. The van der Waals surface area contributed by atoms with Crippen molar-refractivity contribution in [2.45, 2.75) is 52.1 Å². The molecule has 0 radical (unpaired) electrons. The van der Waals surface area contributed by atoms with Crippen molar-refractivity contribution in [3.05, 3.63) is 0 Å². The van der Waals surface area contributed by atoms with Gasteiger partial charge in [-0.2, -0.15) is 0 Å². The summed E-state index contributed by atoms with van der Waals surface area (Å²) < 4.78 is 0. The molecule has 4 nitrogen and oxygen atoms in total. The highest BCUT2D eigenvalue weighted by Gasteiger charge is 2.61. The molecule has 0 heterocycles. The Balaban J connectivity index is 3.10. The zero-order valence-electron chi connectivity index (χ0n) is 9.78. The number of carbonyl (C=O) groups is 2. The topological polar surface area (TPSA) is 57.6 Å². The van der Waals surface area contributed by atoms with Gasteiger partial charge < -0.3 is 10.0 Å². The summed E-state index contributed by atoms with van der Waals surface area (Å²) in [6.07, 6.45) is 2.39. The lowest BCUT2D eigenvalue weighted by molar-refractivity contribution is -0.161. The van der Waals surface area contributed by atoms with E-state index >= 15 is 0 Å². The van der Waals surface area contributed by atoms with Crippen LogP contribution < -0.4 is 0 Å². The van der Waals surface area contributed by atoms with E-state index in [0.717, 1.165) is 12.8 Å². The lowest BCUT2D eigenvalue weighted by atomic mass is 9.81. The van der Waals surface area contributed by atoms with Gasteiger partial charge in [-0.1, -0.05) is 6.92 Å². The fourth-order valence-electron chi connectivity index (χ4n) is 2.10. The Kier molecular flexibility index (Phi) is 2.81. The summed E-state index contributed by atoms with van der Waals surface area (Å²) in [5, 5.41) is 9.36.